The number of pyridine rings is 1. The maximum Gasteiger partial charge on any atom is 0.168 e. The number of likely N-dealkylation sites (N-methyl/N-ethyl adjacent to an activating group) is 1. The highest BCUT2D eigenvalue weighted by molar-refractivity contribution is 5.09. The van der Waals surface area contributed by atoms with E-state index in [1.165, 1.54) is 31.2 Å². The minimum absolute atomic E-state index is 0.439. The van der Waals surface area contributed by atoms with Crippen LogP contribution in [0.5, 0.6) is 0 Å². The summed E-state index contributed by atoms with van der Waals surface area (Å²) >= 11 is 0. The molecule has 0 aliphatic heterocycles. The molecule has 1 aliphatic carbocycles. The summed E-state index contributed by atoms with van der Waals surface area (Å²) in [7, 11) is 4.33. The van der Waals surface area contributed by atoms with Gasteiger partial charge in [-0.05, 0) is 51.6 Å². The Labute approximate surface area is 117 Å². The van der Waals surface area contributed by atoms with Crippen molar-refractivity contribution < 1.29 is 4.57 Å². The highest BCUT2D eigenvalue weighted by atomic mass is 15.2. The van der Waals surface area contributed by atoms with Crippen LogP contribution in [0.1, 0.15) is 38.2 Å². The Morgan fingerprint density at radius 3 is 2.42 bits per heavy atom. The molecule has 0 radical (unpaired) electrons. The van der Waals surface area contributed by atoms with Crippen molar-refractivity contribution in [2.45, 2.75) is 57.2 Å². The first-order valence-corrected chi connectivity index (χ1v) is 7.48. The Balaban J connectivity index is 1.88. The van der Waals surface area contributed by atoms with Crippen LogP contribution in [0.2, 0.25) is 0 Å². The number of nitrogens with two attached hydrogens (primary N) is 1. The minimum Gasteiger partial charge on any atom is -0.328 e. The molecular weight excluding hydrogens is 234 g/mol. The maximum atomic E-state index is 5.99. The summed E-state index contributed by atoms with van der Waals surface area (Å²) < 4.78 is 2.08. The van der Waals surface area contributed by atoms with Gasteiger partial charge in [0.25, 0.3) is 0 Å². The van der Waals surface area contributed by atoms with Crippen LogP contribution < -0.4 is 10.3 Å². The monoisotopic (exact) mass is 262 g/mol. The van der Waals surface area contributed by atoms with Crippen molar-refractivity contribution in [1.29, 1.82) is 0 Å². The summed E-state index contributed by atoms with van der Waals surface area (Å²) in [5, 5.41) is 0. The predicted octanol–water partition coefficient (Wildman–Crippen LogP) is 1.64. The zero-order chi connectivity index (χ0) is 13.8. The van der Waals surface area contributed by atoms with Crippen LogP contribution in [0, 0.1) is 0 Å². The molecule has 1 aromatic heterocycles. The smallest absolute Gasteiger partial charge is 0.168 e. The summed E-state index contributed by atoms with van der Waals surface area (Å²) in [6.45, 7) is 2.33. The molecule has 3 heteroatoms. The third-order valence-corrected chi connectivity index (χ3v) is 4.59. The molecule has 1 heterocycles. The second-order valence-corrected chi connectivity index (χ2v) is 6.16. The molecule has 19 heavy (non-hydrogen) atoms. The van der Waals surface area contributed by atoms with Crippen molar-refractivity contribution in [2.75, 3.05) is 7.05 Å². The average Bonchev–Trinajstić information content (AvgIpc) is 2.41. The molecule has 2 rings (SSSR count). The number of hydrogen-bond donors (Lipinski definition) is 1. The van der Waals surface area contributed by atoms with Crippen LogP contribution >= 0.6 is 0 Å². The fourth-order valence-corrected chi connectivity index (χ4v) is 3.02. The molecule has 2 N–H and O–H groups in total. The normalized spacial score (nSPS) is 25.5. The summed E-state index contributed by atoms with van der Waals surface area (Å²) in [4.78, 5) is 2.55. The number of aryl methyl sites for hydroxylation is 1. The Bertz CT molecular complexity index is 379. The third-order valence-electron chi connectivity index (χ3n) is 4.59. The standard InChI is InChI=1S/C16H28N3/c1-13(12-14-8-10-18(2)11-9-14)19(3)16-6-4-15(17)5-7-16/h8-11,13,15-16H,4-7,12,17H2,1-3H3/q+1. The van der Waals surface area contributed by atoms with E-state index in [0.717, 1.165) is 12.5 Å². The zero-order valence-corrected chi connectivity index (χ0v) is 12.5. The molecule has 106 valence electrons. The molecule has 1 fully saturated rings. The van der Waals surface area contributed by atoms with Gasteiger partial charge in [-0.1, -0.05) is 0 Å². The molecular formula is C16H28N3+. The van der Waals surface area contributed by atoms with Crippen LogP contribution in [-0.2, 0) is 13.5 Å². The van der Waals surface area contributed by atoms with Crippen molar-refractivity contribution in [3.05, 3.63) is 30.1 Å². The molecule has 1 unspecified atom stereocenters. The zero-order valence-electron chi connectivity index (χ0n) is 12.5. The first kappa shape index (κ1) is 14.5. The molecule has 0 saturated heterocycles. The molecule has 1 aromatic rings. The SMILES string of the molecule is CC(Cc1cc[n+](C)cc1)N(C)C1CCC(N)CC1. The van der Waals surface area contributed by atoms with Gasteiger partial charge in [-0.25, -0.2) is 4.57 Å². The van der Waals surface area contributed by atoms with E-state index >= 15 is 0 Å². The van der Waals surface area contributed by atoms with Gasteiger partial charge in [-0.2, -0.15) is 0 Å². The molecule has 1 aliphatic rings. The number of rotatable bonds is 4. The molecule has 1 atom stereocenters. The van der Waals surface area contributed by atoms with E-state index in [4.69, 9.17) is 5.73 Å². The van der Waals surface area contributed by atoms with Gasteiger partial charge in [0.15, 0.2) is 12.4 Å². The Kier molecular flexibility index (Phi) is 4.94. The number of aromatic nitrogens is 1. The average molecular weight is 262 g/mol. The van der Waals surface area contributed by atoms with Crippen molar-refractivity contribution in [1.82, 2.24) is 4.90 Å². The predicted molar refractivity (Wildman–Crippen MR) is 78.8 cm³/mol. The molecule has 0 spiro atoms. The van der Waals surface area contributed by atoms with Gasteiger partial charge in [0.1, 0.15) is 7.05 Å². The van der Waals surface area contributed by atoms with E-state index in [1.807, 2.05) is 0 Å². The largest absolute Gasteiger partial charge is 0.328 e. The van der Waals surface area contributed by atoms with Gasteiger partial charge in [-0.3, -0.25) is 0 Å². The molecule has 1 saturated carbocycles. The summed E-state index contributed by atoms with van der Waals surface area (Å²) in [5.74, 6) is 0. The Morgan fingerprint density at radius 1 is 1.26 bits per heavy atom. The minimum atomic E-state index is 0.439. The van der Waals surface area contributed by atoms with Crippen LogP contribution in [-0.4, -0.2) is 30.1 Å². The third kappa shape index (κ3) is 4.02. The highest BCUT2D eigenvalue weighted by Crippen LogP contribution is 2.23. The van der Waals surface area contributed by atoms with Gasteiger partial charge < -0.3 is 10.6 Å². The Morgan fingerprint density at radius 2 is 1.84 bits per heavy atom. The second kappa shape index (κ2) is 6.49. The maximum absolute atomic E-state index is 5.99. The summed E-state index contributed by atoms with van der Waals surface area (Å²) in [6, 6.07) is 6.19. The summed E-state index contributed by atoms with van der Waals surface area (Å²) in [5.41, 5.74) is 7.41. The lowest BCUT2D eigenvalue weighted by molar-refractivity contribution is -0.671. The fraction of sp³-hybridized carbons (Fsp3) is 0.688. The van der Waals surface area contributed by atoms with E-state index in [0.29, 0.717) is 12.1 Å². The molecule has 0 amide bonds. The lowest BCUT2D eigenvalue weighted by atomic mass is 9.90. The summed E-state index contributed by atoms with van der Waals surface area (Å²) in [6.07, 6.45) is 10.3. The molecule has 0 bridgehead atoms. The Hall–Kier alpha value is -0.930. The lowest BCUT2D eigenvalue weighted by Gasteiger charge is -2.37. The van der Waals surface area contributed by atoms with Crippen LogP contribution in [0.15, 0.2) is 24.5 Å². The lowest BCUT2D eigenvalue weighted by Crippen LogP contribution is -2.43. The molecule has 0 aromatic carbocycles. The first-order valence-electron chi connectivity index (χ1n) is 7.48. The van der Waals surface area contributed by atoms with Gasteiger partial charge in [-0.15, -0.1) is 0 Å². The van der Waals surface area contributed by atoms with Crippen LogP contribution in [0.4, 0.5) is 0 Å². The topological polar surface area (TPSA) is 33.1 Å². The molecule has 3 nitrogen and oxygen atoms in total. The quantitative estimate of drug-likeness (QED) is 0.837. The highest BCUT2D eigenvalue weighted by Gasteiger charge is 2.24. The van der Waals surface area contributed by atoms with Gasteiger partial charge in [0.05, 0.1) is 0 Å². The van der Waals surface area contributed by atoms with E-state index in [2.05, 4.69) is 55.0 Å². The van der Waals surface area contributed by atoms with E-state index in [-0.39, 0.29) is 0 Å². The number of nitrogens with zero attached hydrogens (tertiary/aromatic N) is 2. The van der Waals surface area contributed by atoms with Gasteiger partial charge >= 0.3 is 0 Å². The van der Waals surface area contributed by atoms with E-state index in [9.17, 15) is 0 Å². The van der Waals surface area contributed by atoms with Gasteiger partial charge in [0.2, 0.25) is 0 Å². The van der Waals surface area contributed by atoms with Crippen molar-refractivity contribution in [3.63, 3.8) is 0 Å². The van der Waals surface area contributed by atoms with Crippen LogP contribution in [0.3, 0.4) is 0 Å². The first-order chi connectivity index (χ1) is 9.06. The van der Waals surface area contributed by atoms with Crippen molar-refractivity contribution in [3.8, 4) is 0 Å². The van der Waals surface area contributed by atoms with Gasteiger partial charge in [0, 0.05) is 30.3 Å². The number of hydrogen-bond acceptors (Lipinski definition) is 2. The van der Waals surface area contributed by atoms with Crippen molar-refractivity contribution >= 4 is 0 Å². The van der Waals surface area contributed by atoms with Crippen LogP contribution in [0.25, 0.3) is 0 Å². The van der Waals surface area contributed by atoms with Crippen molar-refractivity contribution in [2.24, 2.45) is 12.8 Å². The van der Waals surface area contributed by atoms with E-state index in [1.54, 1.807) is 0 Å². The fourth-order valence-electron chi connectivity index (χ4n) is 3.02. The van der Waals surface area contributed by atoms with E-state index < -0.39 is 0 Å². The second-order valence-electron chi connectivity index (χ2n) is 6.16.